The molecular formula is C28H29F2N5O2. The van der Waals surface area contributed by atoms with Crippen LogP contribution in [0, 0.1) is 19.8 Å². The lowest BCUT2D eigenvalue weighted by atomic mass is 9.87. The number of pyridine rings is 2. The van der Waals surface area contributed by atoms with Crippen molar-refractivity contribution in [1.29, 1.82) is 0 Å². The van der Waals surface area contributed by atoms with Gasteiger partial charge in [-0.15, -0.1) is 0 Å². The zero-order valence-corrected chi connectivity index (χ0v) is 20.9. The number of nitrogens with zero attached hydrogens (tertiary/aromatic N) is 4. The van der Waals surface area contributed by atoms with Gasteiger partial charge in [0.2, 0.25) is 5.92 Å². The average molecular weight is 506 g/mol. The summed E-state index contributed by atoms with van der Waals surface area (Å²) >= 11 is 0. The van der Waals surface area contributed by atoms with E-state index in [4.69, 9.17) is 9.51 Å². The lowest BCUT2D eigenvalue weighted by molar-refractivity contribution is -0.0472. The molecule has 9 heteroatoms. The third-order valence-electron chi connectivity index (χ3n) is 7.55. The molecular weight excluding hydrogens is 476 g/mol. The van der Waals surface area contributed by atoms with Crippen molar-refractivity contribution in [2.24, 2.45) is 5.92 Å². The molecule has 192 valence electrons. The van der Waals surface area contributed by atoms with Crippen molar-refractivity contribution in [2.45, 2.75) is 70.9 Å². The van der Waals surface area contributed by atoms with E-state index < -0.39 is 5.92 Å². The summed E-state index contributed by atoms with van der Waals surface area (Å²) in [6, 6.07) is 5.96. The Morgan fingerprint density at radius 2 is 1.86 bits per heavy atom. The Bertz CT molecular complexity index is 1440. The first-order valence-electron chi connectivity index (χ1n) is 12.8. The standard InChI is InChI=1S/C28H29F2N5O2/c1-16-25(17(2)37-34-16)20-11-24-26(32-13-20)22(15-35(24)14-18-7-9-28(29,30)10-8-18)19-3-6-23(31-12-19)27(36)33-21-4-5-21/h3,6,11-13,15,18,21H,4-5,7-10,14H2,1-2H3,(H,33,36). The molecule has 2 fully saturated rings. The molecule has 0 atom stereocenters. The van der Waals surface area contributed by atoms with Gasteiger partial charge in [0, 0.05) is 66.3 Å². The molecule has 0 bridgehead atoms. The molecule has 4 heterocycles. The molecule has 37 heavy (non-hydrogen) atoms. The lowest BCUT2D eigenvalue weighted by Gasteiger charge is -2.28. The fourth-order valence-electron chi connectivity index (χ4n) is 5.30. The van der Waals surface area contributed by atoms with Crippen molar-refractivity contribution in [1.82, 2.24) is 25.0 Å². The number of aromatic nitrogens is 4. The van der Waals surface area contributed by atoms with Crippen LogP contribution in [0.15, 0.2) is 41.3 Å². The third-order valence-corrected chi connectivity index (χ3v) is 7.55. The van der Waals surface area contributed by atoms with Crippen LogP contribution >= 0.6 is 0 Å². The predicted octanol–water partition coefficient (Wildman–Crippen LogP) is 6.09. The monoisotopic (exact) mass is 505 g/mol. The first kappa shape index (κ1) is 23.8. The smallest absolute Gasteiger partial charge is 0.270 e. The van der Waals surface area contributed by atoms with Crippen molar-refractivity contribution >= 4 is 16.9 Å². The van der Waals surface area contributed by atoms with E-state index in [1.165, 1.54) is 0 Å². The third kappa shape index (κ3) is 4.74. The summed E-state index contributed by atoms with van der Waals surface area (Å²) in [5, 5.41) is 7.04. The number of aryl methyl sites for hydroxylation is 2. The van der Waals surface area contributed by atoms with Crippen molar-refractivity contribution in [3.05, 3.63) is 53.9 Å². The second kappa shape index (κ2) is 9.04. The number of rotatable bonds is 6. The maximum absolute atomic E-state index is 13.8. The normalized spacial score (nSPS) is 17.8. The summed E-state index contributed by atoms with van der Waals surface area (Å²) in [6.45, 7) is 4.41. The number of carbonyl (C=O) groups is 1. The Labute approximate surface area is 213 Å². The van der Waals surface area contributed by atoms with E-state index >= 15 is 0 Å². The fraction of sp³-hybridized carbons (Fsp3) is 0.429. The highest BCUT2D eigenvalue weighted by Gasteiger charge is 2.35. The number of halogens is 2. The number of nitrogens with one attached hydrogen (secondary N) is 1. The molecule has 7 nitrogen and oxygen atoms in total. The van der Waals surface area contributed by atoms with Gasteiger partial charge in [-0.25, -0.2) is 8.78 Å². The Hall–Kier alpha value is -3.62. The molecule has 0 spiro atoms. The first-order valence-corrected chi connectivity index (χ1v) is 12.8. The van der Waals surface area contributed by atoms with Gasteiger partial charge in [-0.2, -0.15) is 0 Å². The lowest BCUT2D eigenvalue weighted by Crippen LogP contribution is -2.26. The van der Waals surface area contributed by atoms with Crippen LogP contribution in [-0.4, -0.2) is 37.6 Å². The summed E-state index contributed by atoms with van der Waals surface area (Å²) in [4.78, 5) is 21.6. The van der Waals surface area contributed by atoms with Gasteiger partial charge in [-0.1, -0.05) is 11.2 Å². The van der Waals surface area contributed by atoms with Crippen LogP contribution in [0.2, 0.25) is 0 Å². The summed E-state index contributed by atoms with van der Waals surface area (Å²) in [6.07, 6.45) is 8.42. The summed E-state index contributed by atoms with van der Waals surface area (Å²) in [5.74, 6) is -1.83. The van der Waals surface area contributed by atoms with Gasteiger partial charge in [0.15, 0.2) is 0 Å². The van der Waals surface area contributed by atoms with Crippen molar-refractivity contribution < 1.29 is 18.1 Å². The molecule has 6 rings (SSSR count). The molecule has 1 amide bonds. The summed E-state index contributed by atoms with van der Waals surface area (Å²) in [7, 11) is 0. The minimum Gasteiger partial charge on any atom is -0.361 e. The average Bonchev–Trinajstić information content (AvgIpc) is 3.54. The summed E-state index contributed by atoms with van der Waals surface area (Å²) < 4.78 is 35.0. The van der Waals surface area contributed by atoms with Crippen LogP contribution in [0.3, 0.4) is 0 Å². The SMILES string of the molecule is Cc1noc(C)c1-c1cnc2c(-c3ccc(C(=O)NC4CC4)nc3)cn(CC3CCC(F)(F)CC3)c2c1. The predicted molar refractivity (Wildman–Crippen MR) is 135 cm³/mol. The van der Waals surface area contributed by atoms with Crippen molar-refractivity contribution in [3.63, 3.8) is 0 Å². The quantitative estimate of drug-likeness (QED) is 0.343. The number of alkyl halides is 2. The zero-order chi connectivity index (χ0) is 25.7. The summed E-state index contributed by atoms with van der Waals surface area (Å²) in [5.41, 5.74) is 6.44. The van der Waals surface area contributed by atoms with Gasteiger partial charge in [0.05, 0.1) is 16.7 Å². The molecule has 0 aliphatic heterocycles. The molecule has 4 aromatic heterocycles. The highest BCUT2D eigenvalue weighted by Crippen LogP contribution is 2.39. The molecule has 1 N–H and O–H groups in total. The topological polar surface area (TPSA) is 85.8 Å². The largest absolute Gasteiger partial charge is 0.361 e. The van der Waals surface area contributed by atoms with Gasteiger partial charge in [0.25, 0.3) is 5.91 Å². The van der Waals surface area contributed by atoms with Crippen molar-refractivity contribution in [2.75, 3.05) is 0 Å². The van der Waals surface area contributed by atoms with Crippen LogP contribution < -0.4 is 5.32 Å². The molecule has 2 aliphatic rings. The van der Waals surface area contributed by atoms with E-state index in [9.17, 15) is 13.6 Å². The Morgan fingerprint density at radius 1 is 1.11 bits per heavy atom. The van der Waals surface area contributed by atoms with Crippen LogP contribution in [0.25, 0.3) is 33.3 Å². The maximum Gasteiger partial charge on any atom is 0.270 e. The molecule has 0 radical (unpaired) electrons. The Kier molecular flexibility index (Phi) is 5.81. The van der Waals surface area contributed by atoms with Gasteiger partial charge < -0.3 is 14.4 Å². The van der Waals surface area contributed by atoms with E-state index in [1.807, 2.05) is 32.3 Å². The molecule has 4 aromatic rings. The Balaban J connectivity index is 1.37. The number of hydrogen-bond acceptors (Lipinski definition) is 5. The van der Waals surface area contributed by atoms with E-state index in [0.29, 0.717) is 25.1 Å². The van der Waals surface area contributed by atoms with Crippen LogP contribution in [0.5, 0.6) is 0 Å². The second-order valence-electron chi connectivity index (χ2n) is 10.5. The number of hydrogen-bond donors (Lipinski definition) is 1. The maximum atomic E-state index is 13.8. The zero-order valence-electron chi connectivity index (χ0n) is 20.9. The van der Waals surface area contributed by atoms with Gasteiger partial charge >= 0.3 is 0 Å². The molecule has 2 aliphatic carbocycles. The number of amides is 1. The number of fused-ring (bicyclic) bond motifs is 1. The van der Waals surface area contributed by atoms with Gasteiger partial charge in [-0.05, 0) is 57.6 Å². The molecule has 0 aromatic carbocycles. The molecule has 0 saturated heterocycles. The van der Waals surface area contributed by atoms with E-state index in [0.717, 1.165) is 57.6 Å². The second-order valence-corrected chi connectivity index (χ2v) is 10.5. The minimum atomic E-state index is -2.56. The van der Waals surface area contributed by atoms with E-state index in [-0.39, 0.29) is 30.7 Å². The molecule has 2 saturated carbocycles. The highest BCUT2D eigenvalue weighted by molar-refractivity contribution is 5.96. The minimum absolute atomic E-state index is 0.0688. The van der Waals surface area contributed by atoms with E-state index in [1.54, 1.807) is 12.3 Å². The fourth-order valence-corrected chi connectivity index (χ4v) is 5.30. The van der Waals surface area contributed by atoms with Crippen LogP contribution in [0.1, 0.15) is 60.5 Å². The van der Waals surface area contributed by atoms with Crippen LogP contribution in [-0.2, 0) is 6.54 Å². The molecule has 0 unspecified atom stereocenters. The van der Waals surface area contributed by atoms with Gasteiger partial charge in [0.1, 0.15) is 11.5 Å². The first-order chi connectivity index (χ1) is 17.8. The van der Waals surface area contributed by atoms with Gasteiger partial charge in [-0.3, -0.25) is 14.8 Å². The Morgan fingerprint density at radius 3 is 2.51 bits per heavy atom. The van der Waals surface area contributed by atoms with Crippen molar-refractivity contribution in [3.8, 4) is 22.3 Å². The number of carbonyl (C=O) groups excluding carboxylic acids is 1. The van der Waals surface area contributed by atoms with Crippen LogP contribution in [0.4, 0.5) is 8.78 Å². The highest BCUT2D eigenvalue weighted by atomic mass is 19.3. The van der Waals surface area contributed by atoms with E-state index in [2.05, 4.69) is 26.1 Å².